The molecule has 166 valence electrons. The first-order valence-electron chi connectivity index (χ1n) is 10.5. The van der Waals surface area contributed by atoms with Gasteiger partial charge in [-0.05, 0) is 75.9 Å². The first-order chi connectivity index (χ1) is 15.4. The van der Waals surface area contributed by atoms with Crippen LogP contribution in [0.3, 0.4) is 0 Å². The van der Waals surface area contributed by atoms with Crippen molar-refractivity contribution in [1.82, 2.24) is 29.4 Å². The van der Waals surface area contributed by atoms with Crippen LogP contribution in [0.2, 0.25) is 0 Å². The SMILES string of the molecule is COc1ccc(-c2nc(=S)n(CN(C)Cc3c(C)nn(-c4ccccc4C)c3C)[nH]2)cc1. The third-order valence-electron chi connectivity index (χ3n) is 5.64. The van der Waals surface area contributed by atoms with Crippen LogP contribution in [-0.4, -0.2) is 43.6 Å². The van der Waals surface area contributed by atoms with Crippen LogP contribution in [0.25, 0.3) is 17.1 Å². The molecule has 0 aliphatic heterocycles. The molecule has 0 amide bonds. The Labute approximate surface area is 193 Å². The van der Waals surface area contributed by atoms with E-state index in [9.17, 15) is 0 Å². The molecule has 1 N–H and O–H groups in total. The summed E-state index contributed by atoms with van der Waals surface area (Å²) in [4.78, 5) is 6.72. The lowest BCUT2D eigenvalue weighted by Crippen LogP contribution is -2.23. The van der Waals surface area contributed by atoms with E-state index in [1.54, 1.807) is 7.11 Å². The fourth-order valence-corrected chi connectivity index (χ4v) is 4.03. The Balaban J connectivity index is 1.52. The second-order valence-corrected chi connectivity index (χ2v) is 8.38. The maximum absolute atomic E-state index is 5.49. The first-order valence-corrected chi connectivity index (χ1v) is 10.9. The number of aromatic nitrogens is 5. The van der Waals surface area contributed by atoms with Gasteiger partial charge in [0.25, 0.3) is 0 Å². The summed E-state index contributed by atoms with van der Waals surface area (Å²) in [5.74, 6) is 1.55. The van der Waals surface area contributed by atoms with E-state index in [1.807, 2.05) is 45.8 Å². The molecule has 7 nitrogen and oxygen atoms in total. The molecule has 0 spiro atoms. The third kappa shape index (κ3) is 4.37. The number of nitrogens with one attached hydrogen (secondary N) is 1. The fourth-order valence-electron chi connectivity index (χ4n) is 3.83. The molecule has 0 aliphatic carbocycles. The molecule has 0 bridgehead atoms. The quantitative estimate of drug-likeness (QED) is 0.411. The Kier molecular flexibility index (Phi) is 6.25. The smallest absolute Gasteiger partial charge is 0.217 e. The Morgan fingerprint density at radius 3 is 2.47 bits per heavy atom. The summed E-state index contributed by atoms with van der Waals surface area (Å²) in [5.41, 5.74) is 6.68. The van der Waals surface area contributed by atoms with E-state index in [-0.39, 0.29) is 0 Å². The average Bonchev–Trinajstić information content (AvgIpc) is 3.28. The summed E-state index contributed by atoms with van der Waals surface area (Å²) in [6.07, 6.45) is 0. The lowest BCUT2D eigenvalue weighted by molar-refractivity contribution is 0.244. The molecule has 4 rings (SSSR count). The summed E-state index contributed by atoms with van der Waals surface area (Å²) in [6, 6.07) is 16.1. The number of H-pyrrole nitrogens is 1. The van der Waals surface area contributed by atoms with Crippen molar-refractivity contribution in [2.45, 2.75) is 34.0 Å². The standard InChI is InChI=1S/C24H28N6OS/c1-16-8-6-7-9-22(16)30-18(3)21(17(2)26-30)14-28(4)15-29-24(32)25-23(27-29)19-10-12-20(31-5)13-11-19/h6-13H,14-15H2,1-5H3,(H,25,27,32). The number of aryl methyl sites for hydroxylation is 2. The van der Waals surface area contributed by atoms with Crippen LogP contribution in [0.4, 0.5) is 0 Å². The fraction of sp³-hybridized carbons (Fsp3) is 0.292. The molecule has 32 heavy (non-hydrogen) atoms. The molecule has 8 heteroatoms. The number of hydrogen-bond acceptors (Lipinski definition) is 5. The van der Waals surface area contributed by atoms with Crippen molar-refractivity contribution in [1.29, 1.82) is 0 Å². The molecule has 0 aliphatic rings. The van der Waals surface area contributed by atoms with Crippen molar-refractivity contribution >= 4 is 12.2 Å². The lowest BCUT2D eigenvalue weighted by atomic mass is 10.1. The first kappa shape index (κ1) is 22.0. The maximum atomic E-state index is 5.49. The van der Waals surface area contributed by atoms with Gasteiger partial charge >= 0.3 is 0 Å². The summed E-state index contributed by atoms with van der Waals surface area (Å²) >= 11 is 5.49. The lowest BCUT2D eigenvalue weighted by Gasteiger charge is -2.17. The van der Waals surface area contributed by atoms with Gasteiger partial charge in [0, 0.05) is 23.4 Å². The van der Waals surface area contributed by atoms with Gasteiger partial charge in [0.15, 0.2) is 5.82 Å². The van der Waals surface area contributed by atoms with E-state index in [1.165, 1.54) is 11.1 Å². The van der Waals surface area contributed by atoms with Gasteiger partial charge in [0.1, 0.15) is 5.75 Å². The van der Waals surface area contributed by atoms with E-state index in [0.29, 0.717) is 11.4 Å². The van der Waals surface area contributed by atoms with Crippen LogP contribution in [0.5, 0.6) is 5.75 Å². The molecular formula is C24H28N6OS. The molecule has 0 atom stereocenters. The molecule has 0 fully saturated rings. The van der Waals surface area contributed by atoms with Gasteiger partial charge in [0.2, 0.25) is 4.77 Å². The largest absolute Gasteiger partial charge is 0.497 e. The highest BCUT2D eigenvalue weighted by atomic mass is 32.1. The van der Waals surface area contributed by atoms with Crippen LogP contribution >= 0.6 is 12.2 Å². The maximum Gasteiger partial charge on any atom is 0.217 e. The van der Waals surface area contributed by atoms with E-state index >= 15 is 0 Å². The van der Waals surface area contributed by atoms with Crippen LogP contribution in [0.15, 0.2) is 48.5 Å². The van der Waals surface area contributed by atoms with Gasteiger partial charge in [-0.15, -0.1) is 0 Å². The minimum Gasteiger partial charge on any atom is -0.497 e. The Hall–Kier alpha value is -3.23. The third-order valence-corrected chi connectivity index (χ3v) is 5.95. The number of ether oxygens (including phenoxy) is 1. The highest BCUT2D eigenvalue weighted by Crippen LogP contribution is 2.22. The summed E-state index contributed by atoms with van der Waals surface area (Å²) < 4.78 is 9.67. The van der Waals surface area contributed by atoms with Crippen molar-refractivity contribution in [3.05, 3.63) is 75.8 Å². The molecular weight excluding hydrogens is 420 g/mol. The number of hydrogen-bond donors (Lipinski definition) is 1. The molecule has 0 saturated carbocycles. The predicted octanol–water partition coefficient (Wildman–Crippen LogP) is 4.82. The van der Waals surface area contributed by atoms with Gasteiger partial charge < -0.3 is 4.74 Å². The van der Waals surface area contributed by atoms with Crippen molar-refractivity contribution < 1.29 is 4.74 Å². The molecule has 4 aromatic rings. The minimum absolute atomic E-state index is 0.520. The number of para-hydroxylation sites is 1. The Morgan fingerprint density at radius 2 is 1.78 bits per heavy atom. The molecule has 2 aromatic heterocycles. The second kappa shape index (κ2) is 9.10. The monoisotopic (exact) mass is 448 g/mol. The molecule has 2 heterocycles. The zero-order valence-electron chi connectivity index (χ0n) is 19.1. The summed E-state index contributed by atoms with van der Waals surface area (Å²) in [5, 5.41) is 8.13. The Bertz CT molecular complexity index is 1280. The van der Waals surface area contributed by atoms with Crippen LogP contribution in [0.1, 0.15) is 22.5 Å². The zero-order valence-corrected chi connectivity index (χ0v) is 19.9. The van der Waals surface area contributed by atoms with Gasteiger partial charge in [-0.3, -0.25) is 10.00 Å². The molecule has 2 aromatic carbocycles. The summed E-state index contributed by atoms with van der Waals surface area (Å²) in [7, 11) is 3.72. The Morgan fingerprint density at radius 1 is 1.06 bits per heavy atom. The van der Waals surface area contributed by atoms with Gasteiger partial charge in [-0.25, -0.2) is 9.36 Å². The van der Waals surface area contributed by atoms with Crippen molar-refractivity contribution in [3.63, 3.8) is 0 Å². The number of methoxy groups -OCH3 is 1. The highest BCUT2D eigenvalue weighted by Gasteiger charge is 2.16. The zero-order chi connectivity index (χ0) is 22.8. The van der Waals surface area contributed by atoms with Gasteiger partial charge in [-0.1, -0.05) is 18.2 Å². The number of aromatic amines is 1. The minimum atomic E-state index is 0.520. The molecule has 0 unspecified atom stereocenters. The van der Waals surface area contributed by atoms with E-state index in [2.05, 4.69) is 54.9 Å². The van der Waals surface area contributed by atoms with Crippen LogP contribution in [-0.2, 0) is 13.2 Å². The second-order valence-electron chi connectivity index (χ2n) is 8.01. The van der Waals surface area contributed by atoms with Crippen molar-refractivity contribution in [2.75, 3.05) is 14.2 Å². The van der Waals surface area contributed by atoms with Gasteiger partial charge in [0.05, 0.1) is 25.2 Å². The summed E-state index contributed by atoms with van der Waals surface area (Å²) in [6.45, 7) is 7.64. The van der Waals surface area contributed by atoms with Crippen LogP contribution in [0, 0.1) is 25.5 Å². The molecule has 0 saturated heterocycles. The predicted molar refractivity (Wildman–Crippen MR) is 129 cm³/mol. The number of benzene rings is 2. The normalized spacial score (nSPS) is 11.3. The van der Waals surface area contributed by atoms with Gasteiger partial charge in [-0.2, -0.15) is 10.1 Å². The number of nitrogens with zero attached hydrogens (tertiary/aromatic N) is 5. The van der Waals surface area contributed by atoms with Crippen molar-refractivity contribution in [2.24, 2.45) is 0 Å². The van der Waals surface area contributed by atoms with Crippen molar-refractivity contribution in [3.8, 4) is 22.8 Å². The van der Waals surface area contributed by atoms with E-state index in [0.717, 1.165) is 40.8 Å². The molecule has 0 radical (unpaired) electrons. The highest BCUT2D eigenvalue weighted by molar-refractivity contribution is 7.71. The number of rotatable bonds is 7. The van der Waals surface area contributed by atoms with E-state index < -0.39 is 0 Å². The topological polar surface area (TPSA) is 63.9 Å². The average molecular weight is 449 g/mol. The van der Waals surface area contributed by atoms with Crippen LogP contribution < -0.4 is 4.74 Å². The van der Waals surface area contributed by atoms with E-state index in [4.69, 9.17) is 22.1 Å².